The van der Waals surface area contributed by atoms with Gasteiger partial charge in [-0.2, -0.15) is 0 Å². The van der Waals surface area contributed by atoms with Crippen LogP contribution in [0.1, 0.15) is 40.0 Å². The van der Waals surface area contributed by atoms with E-state index in [-0.39, 0.29) is 17.2 Å². The van der Waals surface area contributed by atoms with Crippen molar-refractivity contribution >= 4 is 29.3 Å². The number of aromatic nitrogens is 3. The van der Waals surface area contributed by atoms with Crippen LogP contribution in [-0.4, -0.2) is 32.0 Å². The Morgan fingerprint density at radius 3 is 2.78 bits per heavy atom. The van der Waals surface area contributed by atoms with Crippen LogP contribution in [0.3, 0.4) is 0 Å². The van der Waals surface area contributed by atoms with Gasteiger partial charge in [-0.25, -0.2) is 0 Å². The van der Waals surface area contributed by atoms with Gasteiger partial charge in [-0.3, -0.25) is 4.79 Å². The van der Waals surface area contributed by atoms with Gasteiger partial charge in [-0.15, -0.1) is 10.2 Å². The summed E-state index contributed by atoms with van der Waals surface area (Å²) in [4.78, 5) is 12.7. The molecule has 4 atom stereocenters. The van der Waals surface area contributed by atoms with Crippen molar-refractivity contribution in [3.8, 4) is 11.4 Å². The van der Waals surface area contributed by atoms with Crippen LogP contribution in [0.15, 0.2) is 29.4 Å². The molecule has 1 aromatic carbocycles. The van der Waals surface area contributed by atoms with Crippen LogP contribution < -0.4 is 5.32 Å². The largest absolute Gasteiger partial charge is 0.352 e. The van der Waals surface area contributed by atoms with Crippen molar-refractivity contribution in [2.75, 3.05) is 0 Å². The first kappa shape index (κ1) is 20.2. The van der Waals surface area contributed by atoms with E-state index in [1.54, 1.807) is 0 Å². The minimum Gasteiger partial charge on any atom is -0.352 e. The zero-order valence-electron chi connectivity index (χ0n) is 16.3. The summed E-state index contributed by atoms with van der Waals surface area (Å²) >= 11 is 7.70. The lowest BCUT2D eigenvalue weighted by molar-refractivity contribution is -0.121. The molecule has 1 N–H and O–H groups in total. The predicted molar refractivity (Wildman–Crippen MR) is 111 cm³/mol. The molecule has 1 aliphatic carbocycles. The Kier molecular flexibility index (Phi) is 6.48. The van der Waals surface area contributed by atoms with E-state index in [0.717, 1.165) is 12.0 Å². The van der Waals surface area contributed by atoms with Crippen molar-refractivity contribution in [2.24, 2.45) is 18.9 Å². The van der Waals surface area contributed by atoms with Crippen LogP contribution in [0.5, 0.6) is 0 Å². The summed E-state index contributed by atoms with van der Waals surface area (Å²) < 4.78 is 1.89. The highest BCUT2D eigenvalue weighted by Gasteiger charge is 2.30. The van der Waals surface area contributed by atoms with Crippen molar-refractivity contribution < 1.29 is 4.79 Å². The zero-order valence-corrected chi connectivity index (χ0v) is 17.8. The van der Waals surface area contributed by atoms with Gasteiger partial charge in [0, 0.05) is 18.7 Å². The number of benzene rings is 1. The summed E-state index contributed by atoms with van der Waals surface area (Å²) in [6, 6.07) is 7.83. The fourth-order valence-corrected chi connectivity index (χ4v) is 4.64. The van der Waals surface area contributed by atoms with Gasteiger partial charge in [0.15, 0.2) is 11.0 Å². The van der Waals surface area contributed by atoms with Gasteiger partial charge >= 0.3 is 0 Å². The topological polar surface area (TPSA) is 59.8 Å². The normalized spacial score (nSPS) is 23.8. The van der Waals surface area contributed by atoms with Crippen LogP contribution in [0, 0.1) is 11.8 Å². The maximum absolute atomic E-state index is 12.7. The number of carbonyl (C=O) groups is 1. The summed E-state index contributed by atoms with van der Waals surface area (Å²) in [5, 5.41) is 12.9. The number of hydrogen-bond donors (Lipinski definition) is 1. The smallest absolute Gasteiger partial charge is 0.233 e. The van der Waals surface area contributed by atoms with E-state index in [2.05, 4.69) is 29.4 Å². The summed E-state index contributed by atoms with van der Waals surface area (Å²) in [6.07, 6.45) is 3.50. The van der Waals surface area contributed by atoms with Gasteiger partial charge < -0.3 is 9.88 Å². The Bertz CT molecular complexity index is 809. The van der Waals surface area contributed by atoms with Crippen LogP contribution in [0.25, 0.3) is 11.4 Å². The lowest BCUT2D eigenvalue weighted by Gasteiger charge is -2.35. The second kappa shape index (κ2) is 8.65. The van der Waals surface area contributed by atoms with Crippen LogP contribution in [0.4, 0.5) is 0 Å². The number of nitrogens with zero attached hydrogens (tertiary/aromatic N) is 3. The molecule has 0 spiro atoms. The van der Waals surface area contributed by atoms with Crippen molar-refractivity contribution in [1.29, 1.82) is 0 Å². The molecule has 1 fully saturated rings. The number of nitrogens with one attached hydrogen (secondary N) is 1. The maximum Gasteiger partial charge on any atom is 0.233 e. The summed E-state index contributed by atoms with van der Waals surface area (Å²) in [5.41, 5.74) is 0.836. The third-order valence-corrected chi connectivity index (χ3v) is 7.10. The first-order valence-corrected chi connectivity index (χ1v) is 10.8. The second-order valence-electron chi connectivity index (χ2n) is 7.49. The highest BCUT2D eigenvalue weighted by atomic mass is 35.5. The molecule has 1 aromatic heterocycles. The van der Waals surface area contributed by atoms with E-state index in [1.165, 1.54) is 24.6 Å². The fraction of sp³-hybridized carbons (Fsp3) is 0.550. The van der Waals surface area contributed by atoms with Gasteiger partial charge in [-0.1, -0.05) is 62.2 Å². The van der Waals surface area contributed by atoms with E-state index < -0.39 is 0 Å². The number of carbonyl (C=O) groups excluding carboxylic acids is 1. The Morgan fingerprint density at radius 1 is 1.30 bits per heavy atom. The minimum atomic E-state index is -0.239. The van der Waals surface area contributed by atoms with Crippen molar-refractivity contribution in [3.63, 3.8) is 0 Å². The lowest BCUT2D eigenvalue weighted by Crippen LogP contribution is -2.46. The first-order valence-electron chi connectivity index (χ1n) is 9.49. The van der Waals surface area contributed by atoms with Crippen LogP contribution >= 0.6 is 23.4 Å². The van der Waals surface area contributed by atoms with E-state index in [1.807, 2.05) is 42.8 Å². The molecule has 0 unspecified atom stereocenters. The van der Waals surface area contributed by atoms with Crippen molar-refractivity contribution in [3.05, 3.63) is 29.3 Å². The molecule has 3 rings (SSSR count). The molecular formula is C20H27ClN4OS. The average molecular weight is 407 g/mol. The number of halogens is 1. The molecule has 0 saturated heterocycles. The highest BCUT2D eigenvalue weighted by Crippen LogP contribution is 2.31. The average Bonchev–Trinajstić information content (AvgIpc) is 3.00. The molecule has 2 aromatic rings. The van der Waals surface area contributed by atoms with E-state index >= 15 is 0 Å². The van der Waals surface area contributed by atoms with Gasteiger partial charge in [0.25, 0.3) is 0 Å². The summed E-state index contributed by atoms with van der Waals surface area (Å²) in [7, 11) is 1.90. The Balaban J connectivity index is 1.67. The summed E-state index contributed by atoms with van der Waals surface area (Å²) in [5.74, 6) is 1.93. The Hall–Kier alpha value is -1.53. The first-order chi connectivity index (χ1) is 12.9. The highest BCUT2D eigenvalue weighted by molar-refractivity contribution is 8.00. The molecule has 1 aliphatic rings. The van der Waals surface area contributed by atoms with Gasteiger partial charge in [0.05, 0.1) is 10.3 Å². The summed E-state index contributed by atoms with van der Waals surface area (Å²) in [6.45, 7) is 6.43. The molecule has 27 heavy (non-hydrogen) atoms. The standard InChI is InChI=1S/C20H27ClN4OS/c1-12-8-7-11-17(13(12)2)22-19(26)14(3)27-20-24-23-18(25(20)4)15-9-5-6-10-16(15)21/h5-6,9-10,12-14,17H,7-8,11H2,1-4H3,(H,22,26)/t12-,13-,14-,17+/m0/s1. The predicted octanol–water partition coefficient (Wildman–Crippen LogP) is 4.56. The van der Waals surface area contributed by atoms with Gasteiger partial charge in [0.2, 0.25) is 5.91 Å². The van der Waals surface area contributed by atoms with E-state index in [9.17, 15) is 4.79 Å². The molecule has 5 nitrogen and oxygen atoms in total. The van der Waals surface area contributed by atoms with Gasteiger partial charge in [0.1, 0.15) is 0 Å². The Labute approximate surface area is 170 Å². The van der Waals surface area contributed by atoms with Crippen molar-refractivity contribution in [2.45, 2.75) is 56.5 Å². The molecule has 1 saturated carbocycles. The molecule has 0 bridgehead atoms. The molecule has 1 heterocycles. The van der Waals surface area contributed by atoms with E-state index in [4.69, 9.17) is 11.6 Å². The Morgan fingerprint density at radius 2 is 2.04 bits per heavy atom. The second-order valence-corrected chi connectivity index (χ2v) is 9.20. The quantitative estimate of drug-likeness (QED) is 0.739. The molecular weight excluding hydrogens is 380 g/mol. The monoisotopic (exact) mass is 406 g/mol. The van der Waals surface area contributed by atoms with Crippen molar-refractivity contribution in [1.82, 2.24) is 20.1 Å². The molecule has 7 heteroatoms. The SMILES string of the molecule is C[C@H]1[C@@H](C)CCC[C@H]1NC(=O)[C@H](C)Sc1nnc(-c2ccccc2Cl)n1C. The number of hydrogen-bond acceptors (Lipinski definition) is 4. The molecule has 146 valence electrons. The molecule has 0 aliphatic heterocycles. The third-order valence-electron chi connectivity index (χ3n) is 5.64. The number of rotatable bonds is 5. The number of amides is 1. The zero-order chi connectivity index (χ0) is 19.6. The fourth-order valence-electron chi connectivity index (χ4n) is 3.59. The lowest BCUT2D eigenvalue weighted by atomic mass is 9.78. The van der Waals surface area contributed by atoms with Crippen LogP contribution in [-0.2, 0) is 11.8 Å². The molecule has 1 amide bonds. The third kappa shape index (κ3) is 4.49. The maximum atomic E-state index is 12.7. The number of thioether (sulfide) groups is 1. The van der Waals surface area contributed by atoms with E-state index in [0.29, 0.717) is 27.8 Å². The molecule has 0 radical (unpaired) electrons. The van der Waals surface area contributed by atoms with Crippen LogP contribution in [0.2, 0.25) is 5.02 Å². The minimum absolute atomic E-state index is 0.0632. The van der Waals surface area contributed by atoms with Gasteiger partial charge in [-0.05, 0) is 37.3 Å².